The Morgan fingerprint density at radius 3 is 2.61 bits per heavy atom. The van der Waals surface area contributed by atoms with E-state index in [9.17, 15) is 14.4 Å². The fourth-order valence-corrected chi connectivity index (χ4v) is 3.73. The average Bonchev–Trinajstić information content (AvgIpc) is 3.11. The molecule has 142 valence electrons. The van der Waals surface area contributed by atoms with Gasteiger partial charge in [-0.15, -0.1) is 0 Å². The number of hydrogen-bond donors (Lipinski definition) is 0. The summed E-state index contributed by atoms with van der Waals surface area (Å²) in [4.78, 5) is 43.0. The van der Waals surface area contributed by atoms with Gasteiger partial charge in [0.25, 0.3) is 5.91 Å². The molecule has 0 aliphatic carbocycles. The number of anilines is 1. The van der Waals surface area contributed by atoms with E-state index in [-0.39, 0.29) is 30.6 Å². The van der Waals surface area contributed by atoms with E-state index in [1.165, 1.54) is 4.90 Å². The molecular weight excluding hydrogens is 380 g/mol. The Hall–Kier alpha value is -2.99. The van der Waals surface area contributed by atoms with Gasteiger partial charge < -0.3 is 4.74 Å². The van der Waals surface area contributed by atoms with Crippen LogP contribution in [-0.4, -0.2) is 29.2 Å². The van der Waals surface area contributed by atoms with Gasteiger partial charge in [-0.3, -0.25) is 19.3 Å². The topological polar surface area (TPSA) is 76.0 Å². The maximum atomic E-state index is 12.8. The van der Waals surface area contributed by atoms with Crippen molar-refractivity contribution in [3.05, 3.63) is 65.2 Å². The van der Waals surface area contributed by atoms with Crippen LogP contribution in [0.4, 0.5) is 5.69 Å². The molecule has 7 heteroatoms. The van der Waals surface area contributed by atoms with Gasteiger partial charge in [-0.1, -0.05) is 35.9 Å². The number of benzene rings is 2. The first kappa shape index (κ1) is 18.4. The molecule has 0 aromatic heterocycles. The van der Waals surface area contributed by atoms with Gasteiger partial charge in [0, 0.05) is 23.4 Å². The van der Waals surface area contributed by atoms with Gasteiger partial charge in [0.15, 0.2) is 5.60 Å². The predicted molar refractivity (Wildman–Crippen MR) is 104 cm³/mol. The quantitative estimate of drug-likeness (QED) is 0.742. The van der Waals surface area contributed by atoms with Crippen molar-refractivity contribution in [1.29, 1.82) is 0 Å². The van der Waals surface area contributed by atoms with Gasteiger partial charge in [-0.05, 0) is 37.3 Å². The van der Waals surface area contributed by atoms with Crippen molar-refractivity contribution in [1.82, 2.24) is 0 Å². The van der Waals surface area contributed by atoms with Crippen LogP contribution in [0.1, 0.15) is 25.3 Å². The maximum Gasteiger partial charge on any atom is 0.292 e. The second-order valence-corrected chi connectivity index (χ2v) is 7.51. The SMILES string of the molecule is C[C@@]1(CC2CC(=O)N(c3ccccc3)C2=O)OC(c2cccc(Cl)c2)=NC1=O. The van der Waals surface area contributed by atoms with Crippen LogP contribution < -0.4 is 4.90 Å². The van der Waals surface area contributed by atoms with Crippen molar-refractivity contribution in [3.63, 3.8) is 0 Å². The molecule has 0 radical (unpaired) electrons. The van der Waals surface area contributed by atoms with Gasteiger partial charge in [-0.25, -0.2) is 0 Å². The smallest absolute Gasteiger partial charge is 0.292 e. The number of hydrogen-bond acceptors (Lipinski definition) is 4. The predicted octanol–water partition coefficient (Wildman–Crippen LogP) is 3.37. The van der Waals surface area contributed by atoms with Gasteiger partial charge in [0.2, 0.25) is 17.7 Å². The first-order valence-corrected chi connectivity index (χ1v) is 9.25. The van der Waals surface area contributed by atoms with Crippen molar-refractivity contribution in [2.45, 2.75) is 25.4 Å². The monoisotopic (exact) mass is 396 g/mol. The zero-order chi connectivity index (χ0) is 19.9. The molecule has 2 aliphatic heterocycles. The summed E-state index contributed by atoms with van der Waals surface area (Å²) < 4.78 is 5.85. The van der Waals surface area contributed by atoms with Crippen molar-refractivity contribution >= 4 is 40.9 Å². The van der Waals surface area contributed by atoms with Crippen molar-refractivity contribution in [2.24, 2.45) is 10.9 Å². The van der Waals surface area contributed by atoms with Gasteiger partial charge in [0.1, 0.15) is 0 Å². The van der Waals surface area contributed by atoms with E-state index in [1.54, 1.807) is 55.5 Å². The van der Waals surface area contributed by atoms with E-state index in [2.05, 4.69) is 4.99 Å². The van der Waals surface area contributed by atoms with E-state index in [0.29, 0.717) is 16.3 Å². The van der Waals surface area contributed by atoms with Crippen molar-refractivity contribution in [2.75, 3.05) is 4.90 Å². The lowest BCUT2D eigenvalue weighted by molar-refractivity contribution is -0.132. The minimum absolute atomic E-state index is 0.0342. The number of amides is 3. The molecule has 3 amide bonds. The summed E-state index contributed by atoms with van der Waals surface area (Å²) in [5.74, 6) is -1.56. The van der Waals surface area contributed by atoms with Crippen LogP contribution in [0, 0.1) is 5.92 Å². The molecule has 1 fully saturated rings. The summed E-state index contributed by atoms with van der Waals surface area (Å²) in [5, 5.41) is 0.500. The van der Waals surface area contributed by atoms with Crippen LogP contribution in [0.2, 0.25) is 5.02 Å². The molecule has 4 rings (SSSR count). The average molecular weight is 397 g/mol. The van der Waals surface area contributed by atoms with Crippen molar-refractivity contribution in [3.8, 4) is 0 Å². The third-order valence-electron chi connectivity index (χ3n) is 4.94. The normalized spacial score (nSPS) is 24.5. The molecule has 28 heavy (non-hydrogen) atoms. The fraction of sp³-hybridized carbons (Fsp3) is 0.238. The lowest BCUT2D eigenvalue weighted by Crippen LogP contribution is -2.38. The first-order chi connectivity index (χ1) is 13.4. The lowest BCUT2D eigenvalue weighted by Gasteiger charge is -2.24. The highest BCUT2D eigenvalue weighted by Crippen LogP contribution is 2.36. The van der Waals surface area contributed by atoms with Crippen molar-refractivity contribution < 1.29 is 19.1 Å². The summed E-state index contributed by atoms with van der Waals surface area (Å²) in [6, 6.07) is 15.6. The van der Waals surface area contributed by atoms with Crippen LogP contribution >= 0.6 is 11.6 Å². The molecule has 6 nitrogen and oxygen atoms in total. The Morgan fingerprint density at radius 1 is 1.14 bits per heavy atom. The highest BCUT2D eigenvalue weighted by Gasteiger charge is 2.49. The number of para-hydroxylation sites is 1. The highest BCUT2D eigenvalue weighted by atomic mass is 35.5. The van der Waals surface area contributed by atoms with Crippen LogP contribution in [0.3, 0.4) is 0 Å². The van der Waals surface area contributed by atoms with Crippen LogP contribution in [0.15, 0.2) is 59.6 Å². The minimum Gasteiger partial charge on any atom is -0.461 e. The van der Waals surface area contributed by atoms with E-state index >= 15 is 0 Å². The second-order valence-electron chi connectivity index (χ2n) is 7.07. The molecule has 0 saturated carbocycles. The Bertz CT molecular complexity index is 1000. The number of carbonyl (C=O) groups is 3. The molecule has 2 aromatic rings. The molecule has 2 heterocycles. The molecule has 2 aliphatic rings. The summed E-state index contributed by atoms with van der Waals surface area (Å²) >= 11 is 5.99. The van der Waals surface area contributed by atoms with E-state index in [0.717, 1.165) is 0 Å². The Labute approximate surface area is 166 Å². The number of aliphatic imine (C=N–C) groups is 1. The molecule has 1 saturated heterocycles. The second kappa shape index (κ2) is 6.87. The third kappa shape index (κ3) is 3.20. The molecule has 2 atom stereocenters. The lowest BCUT2D eigenvalue weighted by atomic mass is 9.90. The van der Waals surface area contributed by atoms with Gasteiger partial charge >= 0.3 is 0 Å². The molecule has 0 bridgehead atoms. The molecular formula is C21H17ClN2O4. The Balaban J connectivity index is 1.52. The van der Waals surface area contributed by atoms with E-state index < -0.39 is 17.4 Å². The van der Waals surface area contributed by atoms with Crippen LogP contribution in [0.5, 0.6) is 0 Å². The number of imide groups is 1. The van der Waals surface area contributed by atoms with Crippen LogP contribution in [-0.2, 0) is 19.1 Å². The summed E-state index contributed by atoms with van der Waals surface area (Å²) in [7, 11) is 0. The standard InChI is InChI=1S/C21H17ClN2O4/c1-21(20(27)23-18(28-21)13-6-5-7-15(22)10-13)12-14-11-17(25)24(19(14)26)16-8-3-2-4-9-16/h2-10,14H,11-12H2,1H3/t14?,21-/m0/s1. The zero-order valence-corrected chi connectivity index (χ0v) is 15.8. The van der Waals surface area contributed by atoms with Crippen LogP contribution in [0.25, 0.3) is 0 Å². The maximum absolute atomic E-state index is 12.8. The fourth-order valence-electron chi connectivity index (χ4n) is 3.54. The van der Waals surface area contributed by atoms with E-state index in [1.807, 2.05) is 6.07 Å². The molecule has 0 N–H and O–H groups in total. The largest absolute Gasteiger partial charge is 0.461 e. The molecule has 2 aromatic carbocycles. The molecule has 0 spiro atoms. The number of ether oxygens (including phenoxy) is 1. The zero-order valence-electron chi connectivity index (χ0n) is 15.1. The molecule has 1 unspecified atom stereocenters. The minimum atomic E-state index is -1.30. The number of carbonyl (C=O) groups excluding carboxylic acids is 3. The summed E-state index contributed by atoms with van der Waals surface area (Å²) in [5.41, 5.74) is -0.186. The van der Waals surface area contributed by atoms with Gasteiger partial charge in [0.05, 0.1) is 11.6 Å². The Kier molecular flexibility index (Phi) is 4.51. The number of nitrogens with zero attached hydrogens (tertiary/aromatic N) is 2. The third-order valence-corrected chi connectivity index (χ3v) is 5.17. The summed E-state index contributed by atoms with van der Waals surface area (Å²) in [6.07, 6.45) is 0.111. The first-order valence-electron chi connectivity index (χ1n) is 8.87. The highest BCUT2D eigenvalue weighted by molar-refractivity contribution is 6.31. The number of halogens is 1. The van der Waals surface area contributed by atoms with Gasteiger partial charge in [-0.2, -0.15) is 4.99 Å². The van der Waals surface area contributed by atoms with E-state index in [4.69, 9.17) is 16.3 Å². The number of rotatable bonds is 4. The summed E-state index contributed by atoms with van der Waals surface area (Å²) in [6.45, 7) is 1.60. The Morgan fingerprint density at radius 2 is 1.89 bits per heavy atom.